The number of pyridine rings is 1. The maximum absolute atomic E-state index is 11.9. The third-order valence-electron chi connectivity index (χ3n) is 5.59. The van der Waals surface area contributed by atoms with Crippen LogP contribution in [0.1, 0.15) is 52.9 Å². The number of urea groups is 1. The molecular weight excluding hydrogens is 382 g/mol. The Morgan fingerprint density at radius 2 is 1.73 bits per heavy atom. The second-order valence-electron chi connectivity index (χ2n) is 8.04. The fourth-order valence-corrected chi connectivity index (χ4v) is 3.73. The Labute approximate surface area is 178 Å². The summed E-state index contributed by atoms with van der Waals surface area (Å²) < 4.78 is 0. The van der Waals surface area contributed by atoms with Crippen molar-refractivity contribution >= 4 is 29.4 Å². The highest BCUT2D eigenvalue weighted by molar-refractivity contribution is 6.19. The first-order valence-corrected chi connectivity index (χ1v) is 10.4. The highest BCUT2D eigenvalue weighted by Crippen LogP contribution is 2.39. The molecule has 3 fully saturated rings. The SMILES string of the molecule is CN1CC(=O)N(c2ccc(NC3CCCC3)nc2)C1=O.Nc1ncc(C2CC2)cn1.[HH].[HH]. The molecule has 3 aliphatic rings. The highest BCUT2D eigenvalue weighted by Gasteiger charge is 2.34. The monoisotopic (exact) mass is 413 g/mol. The molecule has 3 heterocycles. The van der Waals surface area contributed by atoms with Gasteiger partial charge in [-0.05, 0) is 49.3 Å². The summed E-state index contributed by atoms with van der Waals surface area (Å²) >= 11 is 0. The molecule has 0 aromatic carbocycles. The van der Waals surface area contributed by atoms with Crippen molar-refractivity contribution in [1.82, 2.24) is 19.9 Å². The summed E-state index contributed by atoms with van der Waals surface area (Å²) in [6.45, 7) is 0.126. The number of amides is 3. The lowest BCUT2D eigenvalue weighted by molar-refractivity contribution is -0.116. The van der Waals surface area contributed by atoms with Gasteiger partial charge < -0.3 is 16.0 Å². The van der Waals surface area contributed by atoms with E-state index in [2.05, 4.69) is 20.3 Å². The average Bonchev–Trinajstić information content (AvgIpc) is 3.40. The van der Waals surface area contributed by atoms with Gasteiger partial charge in [0.2, 0.25) is 5.95 Å². The van der Waals surface area contributed by atoms with Gasteiger partial charge in [0.15, 0.2) is 0 Å². The molecule has 5 rings (SSSR count). The molecule has 0 bridgehead atoms. The first-order valence-electron chi connectivity index (χ1n) is 10.4. The van der Waals surface area contributed by atoms with Crippen LogP contribution < -0.4 is 16.0 Å². The number of imide groups is 1. The molecule has 9 heteroatoms. The lowest BCUT2D eigenvalue weighted by Gasteiger charge is -2.16. The molecule has 9 nitrogen and oxygen atoms in total. The minimum atomic E-state index is -0.298. The zero-order chi connectivity index (χ0) is 21.1. The third-order valence-corrected chi connectivity index (χ3v) is 5.59. The maximum atomic E-state index is 11.9. The number of nitrogens with two attached hydrogens (primary N) is 1. The van der Waals surface area contributed by atoms with E-state index >= 15 is 0 Å². The number of rotatable bonds is 4. The molecule has 3 amide bonds. The Morgan fingerprint density at radius 1 is 1.03 bits per heavy atom. The molecule has 1 saturated heterocycles. The van der Waals surface area contributed by atoms with E-state index in [1.54, 1.807) is 19.3 Å². The van der Waals surface area contributed by atoms with Gasteiger partial charge in [0.25, 0.3) is 5.91 Å². The topological polar surface area (TPSA) is 117 Å². The number of likely N-dealkylation sites (N-methyl/N-ethyl adjacent to an activating group) is 1. The van der Waals surface area contributed by atoms with E-state index in [0.29, 0.717) is 17.7 Å². The van der Waals surface area contributed by atoms with Crippen LogP contribution in [0.4, 0.5) is 22.2 Å². The maximum Gasteiger partial charge on any atom is 0.331 e. The Kier molecular flexibility index (Phi) is 5.78. The molecule has 3 N–H and O–H groups in total. The number of aromatic nitrogens is 3. The number of nitrogens with zero attached hydrogens (tertiary/aromatic N) is 5. The Hall–Kier alpha value is -3.23. The van der Waals surface area contributed by atoms with E-state index < -0.39 is 0 Å². The summed E-state index contributed by atoms with van der Waals surface area (Å²) in [5, 5.41) is 3.38. The Bertz CT molecular complexity index is 901. The number of anilines is 3. The van der Waals surface area contributed by atoms with Gasteiger partial charge >= 0.3 is 6.03 Å². The van der Waals surface area contributed by atoms with E-state index in [0.717, 1.165) is 11.7 Å². The third kappa shape index (κ3) is 4.67. The van der Waals surface area contributed by atoms with Gasteiger partial charge in [-0.1, -0.05) is 12.8 Å². The molecule has 0 unspecified atom stereocenters. The van der Waals surface area contributed by atoms with Crippen molar-refractivity contribution in [2.24, 2.45) is 0 Å². The fraction of sp³-hybridized carbons (Fsp3) is 0.476. The Balaban J connectivity index is 0.000000257. The van der Waals surface area contributed by atoms with Crippen LogP contribution in [0.3, 0.4) is 0 Å². The second kappa shape index (κ2) is 8.64. The first-order chi connectivity index (χ1) is 14.5. The van der Waals surface area contributed by atoms with E-state index in [-0.39, 0.29) is 21.3 Å². The number of hydrogen-bond acceptors (Lipinski definition) is 7. The summed E-state index contributed by atoms with van der Waals surface area (Å²) in [6, 6.07) is 3.79. The van der Waals surface area contributed by atoms with Crippen LogP contribution in [0.2, 0.25) is 0 Å². The molecular formula is C21H31N7O2. The van der Waals surface area contributed by atoms with E-state index in [9.17, 15) is 9.59 Å². The summed E-state index contributed by atoms with van der Waals surface area (Å²) in [5.41, 5.74) is 7.08. The van der Waals surface area contributed by atoms with Crippen LogP contribution in [-0.4, -0.2) is 51.4 Å². The van der Waals surface area contributed by atoms with Gasteiger partial charge in [0, 0.05) is 28.3 Å². The van der Waals surface area contributed by atoms with Crippen molar-refractivity contribution in [3.63, 3.8) is 0 Å². The quantitative estimate of drug-likeness (QED) is 0.739. The van der Waals surface area contributed by atoms with Crippen LogP contribution in [0, 0.1) is 0 Å². The molecule has 2 aromatic rings. The fourth-order valence-electron chi connectivity index (χ4n) is 3.73. The Morgan fingerprint density at radius 3 is 2.27 bits per heavy atom. The van der Waals surface area contributed by atoms with Crippen LogP contribution >= 0.6 is 0 Å². The normalized spacial score (nSPS) is 19.1. The molecule has 2 aromatic heterocycles. The van der Waals surface area contributed by atoms with Crippen molar-refractivity contribution in [3.8, 4) is 0 Å². The predicted molar refractivity (Wildman–Crippen MR) is 118 cm³/mol. The van der Waals surface area contributed by atoms with E-state index in [1.165, 1.54) is 53.9 Å². The molecule has 0 radical (unpaired) electrons. The van der Waals surface area contributed by atoms with Crippen LogP contribution in [0.5, 0.6) is 0 Å². The zero-order valence-corrected chi connectivity index (χ0v) is 17.1. The van der Waals surface area contributed by atoms with Crippen molar-refractivity contribution in [2.75, 3.05) is 29.5 Å². The van der Waals surface area contributed by atoms with Crippen LogP contribution in [0.15, 0.2) is 30.7 Å². The van der Waals surface area contributed by atoms with Crippen molar-refractivity contribution in [1.29, 1.82) is 0 Å². The lowest BCUT2D eigenvalue weighted by atomic mass is 10.2. The van der Waals surface area contributed by atoms with Gasteiger partial charge in [0.1, 0.15) is 12.4 Å². The number of hydrogen-bond donors (Lipinski definition) is 2. The van der Waals surface area contributed by atoms with Gasteiger partial charge in [-0.2, -0.15) is 0 Å². The minimum Gasteiger partial charge on any atom is -0.368 e. The van der Waals surface area contributed by atoms with E-state index in [4.69, 9.17) is 5.73 Å². The van der Waals surface area contributed by atoms with Gasteiger partial charge in [-0.3, -0.25) is 4.79 Å². The van der Waals surface area contributed by atoms with E-state index in [1.807, 2.05) is 18.5 Å². The average molecular weight is 414 g/mol. The number of carbonyl (C=O) groups excluding carboxylic acids is 2. The summed E-state index contributed by atoms with van der Waals surface area (Å²) in [4.78, 5) is 38.3. The molecule has 0 atom stereocenters. The van der Waals surface area contributed by atoms with Gasteiger partial charge in [-0.15, -0.1) is 0 Å². The first kappa shape index (κ1) is 20.1. The van der Waals surface area contributed by atoms with Crippen LogP contribution in [0.25, 0.3) is 0 Å². The summed E-state index contributed by atoms with van der Waals surface area (Å²) in [6.07, 6.45) is 12.7. The molecule has 30 heavy (non-hydrogen) atoms. The number of carbonyl (C=O) groups is 2. The zero-order valence-electron chi connectivity index (χ0n) is 17.1. The van der Waals surface area contributed by atoms with Gasteiger partial charge in [-0.25, -0.2) is 24.6 Å². The second-order valence-corrected chi connectivity index (χ2v) is 8.04. The van der Waals surface area contributed by atoms with Gasteiger partial charge in [0.05, 0.1) is 11.9 Å². The number of nitrogen functional groups attached to an aromatic ring is 1. The highest BCUT2D eigenvalue weighted by atomic mass is 16.2. The smallest absolute Gasteiger partial charge is 0.331 e. The molecule has 162 valence electrons. The summed E-state index contributed by atoms with van der Waals surface area (Å²) in [5.74, 6) is 1.67. The van der Waals surface area contributed by atoms with Crippen LogP contribution in [-0.2, 0) is 4.79 Å². The molecule has 1 aliphatic heterocycles. The molecule has 2 aliphatic carbocycles. The molecule has 2 saturated carbocycles. The largest absolute Gasteiger partial charge is 0.368 e. The minimum absolute atomic E-state index is 0. The van der Waals surface area contributed by atoms with Crippen molar-refractivity contribution < 1.29 is 12.4 Å². The lowest BCUT2D eigenvalue weighted by Crippen LogP contribution is -2.31. The molecule has 0 spiro atoms. The van der Waals surface area contributed by atoms with Crippen molar-refractivity contribution in [3.05, 3.63) is 36.3 Å². The summed E-state index contributed by atoms with van der Waals surface area (Å²) in [7, 11) is 1.61. The van der Waals surface area contributed by atoms with Crippen molar-refractivity contribution in [2.45, 2.75) is 50.5 Å². The number of nitrogens with one attached hydrogen (secondary N) is 1. The standard InChI is InChI=1S/C14H18N4O2.C7H9N3.2H2/c1-17-9-13(19)18(14(17)20)11-6-7-12(15-8-11)16-10-4-2-3-5-10;8-7-9-3-6(4-10-7)5-1-2-5;;/h6-8,10H,2-5,9H2,1H3,(H,15,16);3-5H,1-2H2,(H2,8,9,10);2*1H. The predicted octanol–water partition coefficient (Wildman–Crippen LogP) is 3.26.